The number of sulfonamides is 1. The van der Waals surface area contributed by atoms with E-state index in [1.165, 1.54) is 35.3 Å². The third-order valence-electron chi connectivity index (χ3n) is 4.55. The zero-order valence-corrected chi connectivity index (χ0v) is 18.1. The molecule has 0 radical (unpaired) electrons. The van der Waals surface area contributed by atoms with Crippen molar-refractivity contribution in [2.45, 2.75) is 36.2 Å². The number of amides is 1. The summed E-state index contributed by atoms with van der Waals surface area (Å²) in [5, 5.41) is 10.2. The number of carbonyl (C=O) groups is 1. The highest BCUT2D eigenvalue weighted by Crippen LogP contribution is 2.29. The van der Waals surface area contributed by atoms with Crippen LogP contribution in [0.2, 0.25) is 0 Å². The van der Waals surface area contributed by atoms with Crippen LogP contribution in [0, 0.1) is 6.92 Å². The van der Waals surface area contributed by atoms with Gasteiger partial charge in [-0.3, -0.25) is 9.89 Å². The minimum Gasteiger partial charge on any atom is -0.495 e. The van der Waals surface area contributed by atoms with E-state index < -0.39 is 10.0 Å². The van der Waals surface area contributed by atoms with E-state index in [0.29, 0.717) is 30.5 Å². The minimum atomic E-state index is -3.72. The highest BCUT2D eigenvalue weighted by atomic mass is 32.2. The Kier molecular flexibility index (Phi) is 7.14. The molecule has 2 heterocycles. The summed E-state index contributed by atoms with van der Waals surface area (Å²) in [5.41, 5.74) is 0.278. The smallest absolute Gasteiger partial charge is 0.251 e. The van der Waals surface area contributed by atoms with E-state index in [-0.39, 0.29) is 22.1 Å². The number of nitrogens with zero attached hydrogens (tertiary/aromatic N) is 3. The summed E-state index contributed by atoms with van der Waals surface area (Å²) in [7, 11) is -2.29. The van der Waals surface area contributed by atoms with Gasteiger partial charge in [0.05, 0.1) is 7.11 Å². The van der Waals surface area contributed by atoms with E-state index in [1.807, 2.05) is 6.92 Å². The Morgan fingerprint density at radius 1 is 1.31 bits per heavy atom. The van der Waals surface area contributed by atoms with Gasteiger partial charge in [-0.05, 0) is 38.0 Å². The number of hydrogen-bond donors (Lipinski definition) is 2. The molecule has 158 valence electrons. The molecule has 1 aromatic heterocycles. The standard InChI is InChI=1S/C18H25N5O4S2/c1-13-20-18(22-21-13)28-11-8-19-17(24)14-6-7-15(27-2)16(12-14)29(25,26)23-9-4-3-5-10-23/h6-7,12H,3-5,8-11H2,1-2H3,(H,19,24)(H,20,21,22). The Balaban J connectivity index is 1.67. The molecule has 1 fully saturated rings. The molecule has 0 atom stereocenters. The summed E-state index contributed by atoms with van der Waals surface area (Å²) in [6.45, 7) is 3.19. The van der Waals surface area contributed by atoms with Crippen LogP contribution in [0.15, 0.2) is 28.3 Å². The summed E-state index contributed by atoms with van der Waals surface area (Å²) < 4.78 is 32.8. The molecule has 3 rings (SSSR count). The van der Waals surface area contributed by atoms with Gasteiger partial charge >= 0.3 is 0 Å². The third kappa shape index (κ3) is 5.28. The number of ether oxygens (including phenoxy) is 1. The number of aromatic nitrogens is 3. The van der Waals surface area contributed by atoms with Gasteiger partial charge in [0.25, 0.3) is 5.91 Å². The molecule has 9 nitrogen and oxygen atoms in total. The van der Waals surface area contributed by atoms with Crippen molar-refractivity contribution in [2.75, 3.05) is 32.5 Å². The van der Waals surface area contributed by atoms with Crippen LogP contribution in [-0.4, -0.2) is 66.3 Å². The van der Waals surface area contributed by atoms with E-state index in [2.05, 4.69) is 20.5 Å². The zero-order valence-electron chi connectivity index (χ0n) is 16.5. The number of aryl methyl sites for hydroxylation is 1. The van der Waals surface area contributed by atoms with Gasteiger partial charge in [-0.1, -0.05) is 18.2 Å². The molecule has 2 aromatic rings. The topological polar surface area (TPSA) is 117 Å². The Labute approximate surface area is 174 Å². The lowest BCUT2D eigenvalue weighted by Gasteiger charge is -2.26. The van der Waals surface area contributed by atoms with Crippen LogP contribution in [0.1, 0.15) is 35.4 Å². The maximum Gasteiger partial charge on any atom is 0.251 e. The molecule has 1 aromatic carbocycles. The van der Waals surface area contributed by atoms with Crippen LogP contribution < -0.4 is 10.1 Å². The Hall–Kier alpha value is -2.11. The molecule has 1 aliphatic rings. The molecule has 1 amide bonds. The first-order valence-electron chi connectivity index (χ1n) is 9.40. The van der Waals surface area contributed by atoms with Crippen LogP contribution in [0.4, 0.5) is 0 Å². The van der Waals surface area contributed by atoms with Crippen LogP contribution in [0.5, 0.6) is 5.75 Å². The largest absolute Gasteiger partial charge is 0.495 e. The van der Waals surface area contributed by atoms with E-state index in [0.717, 1.165) is 25.1 Å². The SMILES string of the molecule is COc1ccc(C(=O)NCCSc2n[nH]c(C)n2)cc1S(=O)(=O)N1CCCCC1. The summed E-state index contributed by atoms with van der Waals surface area (Å²) in [6.07, 6.45) is 2.70. The zero-order chi connectivity index (χ0) is 20.9. The fourth-order valence-electron chi connectivity index (χ4n) is 3.06. The van der Waals surface area contributed by atoms with Gasteiger partial charge in [0.1, 0.15) is 16.5 Å². The normalized spacial score (nSPS) is 15.2. The highest BCUT2D eigenvalue weighted by molar-refractivity contribution is 7.99. The quantitative estimate of drug-likeness (QED) is 0.476. The van der Waals surface area contributed by atoms with Crippen molar-refractivity contribution < 1.29 is 17.9 Å². The summed E-state index contributed by atoms with van der Waals surface area (Å²) in [5.74, 6) is 1.23. The Morgan fingerprint density at radius 2 is 2.07 bits per heavy atom. The van der Waals surface area contributed by atoms with Crippen molar-refractivity contribution in [1.82, 2.24) is 24.8 Å². The maximum absolute atomic E-state index is 13.1. The van der Waals surface area contributed by atoms with E-state index in [9.17, 15) is 13.2 Å². The highest BCUT2D eigenvalue weighted by Gasteiger charge is 2.29. The number of rotatable bonds is 8. The van der Waals surface area contributed by atoms with Gasteiger partial charge in [0.15, 0.2) is 0 Å². The lowest BCUT2D eigenvalue weighted by molar-refractivity contribution is 0.0956. The predicted octanol–water partition coefficient (Wildman–Crippen LogP) is 1.82. The first kappa shape index (κ1) is 21.6. The van der Waals surface area contributed by atoms with Crippen molar-refractivity contribution in [1.29, 1.82) is 0 Å². The second-order valence-electron chi connectivity index (χ2n) is 6.64. The number of benzene rings is 1. The molecule has 11 heteroatoms. The van der Waals surface area contributed by atoms with Crippen molar-refractivity contribution in [3.8, 4) is 5.75 Å². The minimum absolute atomic E-state index is 0.0279. The van der Waals surface area contributed by atoms with Crippen molar-refractivity contribution >= 4 is 27.7 Å². The molecule has 0 unspecified atom stereocenters. The molecule has 29 heavy (non-hydrogen) atoms. The van der Waals surface area contributed by atoms with Crippen LogP contribution in [0.25, 0.3) is 0 Å². The number of H-pyrrole nitrogens is 1. The van der Waals surface area contributed by atoms with Gasteiger partial charge in [0, 0.05) is 31.0 Å². The summed E-state index contributed by atoms with van der Waals surface area (Å²) in [4.78, 5) is 16.7. The Morgan fingerprint density at radius 3 is 2.72 bits per heavy atom. The molecular formula is C18H25N5O4S2. The Bertz CT molecular complexity index is 955. The van der Waals surface area contributed by atoms with Gasteiger partial charge in [-0.15, -0.1) is 5.10 Å². The first-order valence-corrected chi connectivity index (χ1v) is 11.8. The van der Waals surface area contributed by atoms with E-state index in [4.69, 9.17) is 4.74 Å². The molecule has 1 aliphatic heterocycles. The number of thioether (sulfide) groups is 1. The monoisotopic (exact) mass is 439 g/mol. The van der Waals surface area contributed by atoms with Crippen LogP contribution >= 0.6 is 11.8 Å². The second-order valence-corrected chi connectivity index (χ2v) is 9.61. The number of carbonyl (C=O) groups excluding carboxylic acids is 1. The summed E-state index contributed by atoms with van der Waals surface area (Å²) in [6, 6.07) is 4.48. The number of piperidine rings is 1. The van der Waals surface area contributed by atoms with Gasteiger partial charge < -0.3 is 10.1 Å². The van der Waals surface area contributed by atoms with Crippen molar-refractivity contribution in [2.24, 2.45) is 0 Å². The number of aromatic amines is 1. The maximum atomic E-state index is 13.1. The van der Waals surface area contributed by atoms with E-state index in [1.54, 1.807) is 6.07 Å². The fraction of sp³-hybridized carbons (Fsp3) is 0.500. The lowest BCUT2D eigenvalue weighted by Crippen LogP contribution is -2.36. The molecule has 0 spiro atoms. The van der Waals surface area contributed by atoms with Gasteiger partial charge in [-0.25, -0.2) is 13.4 Å². The van der Waals surface area contributed by atoms with Crippen molar-refractivity contribution in [3.63, 3.8) is 0 Å². The average molecular weight is 440 g/mol. The molecule has 2 N–H and O–H groups in total. The third-order valence-corrected chi connectivity index (χ3v) is 7.32. The number of hydrogen-bond acceptors (Lipinski definition) is 7. The van der Waals surface area contributed by atoms with E-state index >= 15 is 0 Å². The molecule has 1 saturated heterocycles. The predicted molar refractivity (Wildman–Crippen MR) is 110 cm³/mol. The molecular weight excluding hydrogens is 414 g/mol. The van der Waals surface area contributed by atoms with Gasteiger partial charge in [0.2, 0.25) is 15.2 Å². The van der Waals surface area contributed by atoms with Crippen LogP contribution in [0.3, 0.4) is 0 Å². The lowest BCUT2D eigenvalue weighted by atomic mass is 10.2. The average Bonchev–Trinajstić information content (AvgIpc) is 3.16. The number of methoxy groups -OCH3 is 1. The molecule has 0 saturated carbocycles. The second kappa shape index (κ2) is 9.59. The van der Waals surface area contributed by atoms with Crippen LogP contribution in [-0.2, 0) is 10.0 Å². The molecule has 0 bridgehead atoms. The molecule has 0 aliphatic carbocycles. The number of nitrogens with one attached hydrogen (secondary N) is 2. The first-order chi connectivity index (χ1) is 13.9. The summed E-state index contributed by atoms with van der Waals surface area (Å²) >= 11 is 1.42. The van der Waals surface area contributed by atoms with Crippen molar-refractivity contribution in [3.05, 3.63) is 29.6 Å². The fourth-order valence-corrected chi connectivity index (χ4v) is 5.46. The van der Waals surface area contributed by atoms with Gasteiger partial charge in [-0.2, -0.15) is 4.31 Å².